The van der Waals surface area contributed by atoms with E-state index in [0.717, 1.165) is 44.8 Å². The quantitative estimate of drug-likeness (QED) is 0.177. The van der Waals surface area contributed by atoms with E-state index in [0.29, 0.717) is 12.8 Å². The molecule has 0 radical (unpaired) electrons. The normalized spacial score (nSPS) is 10.9. The van der Waals surface area contributed by atoms with Crippen molar-refractivity contribution in [1.82, 2.24) is 0 Å². The van der Waals surface area contributed by atoms with Crippen molar-refractivity contribution in [3.63, 3.8) is 0 Å². The average molecular weight is 424 g/mol. The van der Waals surface area contributed by atoms with Crippen LogP contribution in [-0.4, -0.2) is 40.8 Å². The molecule has 0 aromatic heterocycles. The molecule has 5 nitrogen and oxygen atoms in total. The summed E-state index contributed by atoms with van der Waals surface area (Å²) < 4.78 is 0. The minimum Gasteiger partial charge on any atom is -0.481 e. The molecule has 0 atom stereocenters. The second-order valence-corrected chi connectivity index (χ2v) is 10.2. The van der Waals surface area contributed by atoms with Crippen molar-refractivity contribution in [3.05, 3.63) is 30.3 Å². The van der Waals surface area contributed by atoms with Crippen molar-refractivity contribution in [1.29, 1.82) is 0 Å². The largest absolute Gasteiger partial charge is 0.481 e. The van der Waals surface area contributed by atoms with E-state index in [4.69, 9.17) is 10.2 Å². The third kappa shape index (κ3) is 15.9. The van der Waals surface area contributed by atoms with Gasteiger partial charge in [-0.05, 0) is 50.1 Å². The molecule has 1 aromatic rings. The van der Waals surface area contributed by atoms with Crippen LogP contribution < -0.4 is 5.32 Å². The van der Waals surface area contributed by atoms with E-state index in [-0.39, 0.29) is 7.92 Å². The lowest BCUT2D eigenvalue weighted by Crippen LogP contribution is -2.05. The summed E-state index contributed by atoms with van der Waals surface area (Å²) in [6.45, 7) is 0. The van der Waals surface area contributed by atoms with Crippen molar-refractivity contribution in [2.24, 2.45) is 0 Å². The van der Waals surface area contributed by atoms with E-state index in [9.17, 15) is 9.59 Å². The summed E-state index contributed by atoms with van der Waals surface area (Å²) in [5, 5.41) is 21.0. The molecule has 0 saturated heterocycles. The maximum absolute atomic E-state index is 10.5. The molecule has 1 rings (SSSR count). The zero-order chi connectivity index (χ0) is 21.2. The highest BCUT2D eigenvalue weighted by Crippen LogP contribution is 2.38. The second-order valence-electron chi connectivity index (χ2n) is 7.64. The zero-order valence-electron chi connectivity index (χ0n) is 17.7. The van der Waals surface area contributed by atoms with Gasteiger partial charge in [0.25, 0.3) is 0 Å². The van der Waals surface area contributed by atoms with Crippen molar-refractivity contribution in [2.75, 3.05) is 23.9 Å². The second kappa shape index (κ2) is 17.3. The van der Waals surface area contributed by atoms with Crippen molar-refractivity contribution in [2.45, 2.75) is 77.0 Å². The first-order valence-corrected chi connectivity index (χ1v) is 12.9. The Morgan fingerprint density at radius 3 is 1.62 bits per heavy atom. The average Bonchev–Trinajstić information content (AvgIpc) is 2.70. The van der Waals surface area contributed by atoms with Gasteiger partial charge in [0, 0.05) is 24.8 Å². The number of hydrogen-bond acceptors (Lipinski definition) is 3. The standard InChI is InChI=1S/C23H38NO4P/c25-22(26)16-10-3-1-5-12-18-29(20-24-21-14-8-7-9-15-21)19-13-6-2-4-11-17-23(27)28/h7-9,14-15,24H,1-6,10-13,16-20H2,(H,25,26)(H,27,28). The Morgan fingerprint density at radius 2 is 1.14 bits per heavy atom. The lowest BCUT2D eigenvalue weighted by molar-refractivity contribution is -0.138. The smallest absolute Gasteiger partial charge is 0.303 e. The van der Waals surface area contributed by atoms with E-state index in [1.807, 2.05) is 6.07 Å². The Morgan fingerprint density at radius 1 is 0.690 bits per heavy atom. The highest BCUT2D eigenvalue weighted by atomic mass is 31.1. The fourth-order valence-corrected chi connectivity index (χ4v) is 5.60. The third-order valence-corrected chi connectivity index (χ3v) is 7.51. The predicted molar refractivity (Wildman–Crippen MR) is 122 cm³/mol. The molecule has 29 heavy (non-hydrogen) atoms. The van der Waals surface area contributed by atoms with Gasteiger partial charge in [0.1, 0.15) is 0 Å². The molecule has 0 amide bonds. The maximum atomic E-state index is 10.5. The summed E-state index contributed by atoms with van der Waals surface area (Å²) in [5.41, 5.74) is 1.18. The van der Waals surface area contributed by atoms with Crippen molar-refractivity contribution in [3.8, 4) is 0 Å². The summed E-state index contributed by atoms with van der Waals surface area (Å²) in [6.07, 6.45) is 14.9. The SMILES string of the molecule is O=C(O)CCCCCCCP(CCCCCCCC(=O)O)CNc1ccccc1. The van der Waals surface area contributed by atoms with E-state index in [2.05, 4.69) is 29.6 Å². The summed E-state index contributed by atoms with van der Waals surface area (Å²) in [4.78, 5) is 21.1. The monoisotopic (exact) mass is 423 g/mol. The molecule has 0 spiro atoms. The number of hydrogen-bond donors (Lipinski definition) is 3. The molecule has 6 heteroatoms. The Balaban J connectivity index is 2.22. The first-order valence-electron chi connectivity index (χ1n) is 11.0. The van der Waals surface area contributed by atoms with E-state index < -0.39 is 11.9 Å². The van der Waals surface area contributed by atoms with Crippen LogP contribution in [0.1, 0.15) is 77.0 Å². The first-order chi connectivity index (χ1) is 14.1. The first kappa shape index (κ1) is 25.4. The van der Waals surface area contributed by atoms with Gasteiger partial charge < -0.3 is 15.5 Å². The molecule has 164 valence electrons. The summed E-state index contributed by atoms with van der Waals surface area (Å²) in [6, 6.07) is 10.4. The minimum atomic E-state index is -0.691. The number of anilines is 1. The number of carboxylic acid groups (broad SMARTS) is 2. The van der Waals surface area contributed by atoms with Crippen LogP contribution in [0.4, 0.5) is 5.69 Å². The number of unbranched alkanes of at least 4 members (excludes halogenated alkanes) is 8. The number of rotatable bonds is 19. The third-order valence-electron chi connectivity index (χ3n) is 5.01. The van der Waals surface area contributed by atoms with Crippen molar-refractivity contribution >= 4 is 25.5 Å². The van der Waals surface area contributed by atoms with Gasteiger partial charge in [-0.15, -0.1) is 0 Å². The van der Waals surface area contributed by atoms with Gasteiger partial charge in [-0.2, -0.15) is 0 Å². The molecule has 0 aliphatic carbocycles. The van der Waals surface area contributed by atoms with Gasteiger partial charge in [-0.25, -0.2) is 0 Å². The van der Waals surface area contributed by atoms with Gasteiger partial charge in [0.2, 0.25) is 0 Å². The minimum absolute atomic E-state index is 0.0532. The Hall–Kier alpha value is -1.61. The van der Waals surface area contributed by atoms with Crippen LogP contribution in [0.25, 0.3) is 0 Å². The lowest BCUT2D eigenvalue weighted by Gasteiger charge is -2.19. The molecular formula is C23H38NO4P. The highest BCUT2D eigenvalue weighted by Gasteiger charge is 2.08. The van der Waals surface area contributed by atoms with Crippen LogP contribution in [0, 0.1) is 0 Å². The van der Waals surface area contributed by atoms with Gasteiger partial charge in [-0.1, -0.05) is 64.6 Å². The molecule has 0 aliphatic rings. The fraction of sp³-hybridized carbons (Fsp3) is 0.652. The van der Waals surface area contributed by atoms with E-state index >= 15 is 0 Å². The van der Waals surface area contributed by atoms with Gasteiger partial charge in [-0.3, -0.25) is 9.59 Å². The Labute approximate surface area is 177 Å². The lowest BCUT2D eigenvalue weighted by atomic mass is 10.1. The number of nitrogens with one attached hydrogen (secondary N) is 1. The van der Waals surface area contributed by atoms with Crippen molar-refractivity contribution < 1.29 is 19.8 Å². The van der Waals surface area contributed by atoms with Gasteiger partial charge >= 0.3 is 11.9 Å². The van der Waals surface area contributed by atoms with Crippen LogP contribution in [0.2, 0.25) is 0 Å². The van der Waals surface area contributed by atoms with Gasteiger partial charge in [0.15, 0.2) is 0 Å². The molecule has 0 unspecified atom stereocenters. The fourth-order valence-electron chi connectivity index (χ4n) is 3.31. The Bertz CT molecular complexity index is 525. The summed E-state index contributed by atoms with van der Waals surface area (Å²) in [5.74, 6) is -1.38. The van der Waals surface area contributed by atoms with E-state index in [1.165, 1.54) is 43.7 Å². The van der Waals surface area contributed by atoms with Crippen LogP contribution in [-0.2, 0) is 9.59 Å². The number of carboxylic acids is 2. The zero-order valence-corrected chi connectivity index (χ0v) is 18.5. The topological polar surface area (TPSA) is 86.6 Å². The number of para-hydroxylation sites is 1. The van der Waals surface area contributed by atoms with Gasteiger partial charge in [0.05, 0.1) is 0 Å². The number of aliphatic carboxylic acids is 2. The molecule has 3 N–H and O–H groups in total. The van der Waals surface area contributed by atoms with E-state index in [1.54, 1.807) is 0 Å². The Kier molecular flexibility index (Phi) is 15.1. The summed E-state index contributed by atoms with van der Waals surface area (Å²) in [7, 11) is -0.0532. The van der Waals surface area contributed by atoms with Crippen LogP contribution in [0.5, 0.6) is 0 Å². The van der Waals surface area contributed by atoms with Crippen LogP contribution in [0.15, 0.2) is 30.3 Å². The molecule has 1 aromatic carbocycles. The molecule has 0 heterocycles. The maximum Gasteiger partial charge on any atom is 0.303 e. The van der Waals surface area contributed by atoms with Crippen LogP contribution in [0.3, 0.4) is 0 Å². The number of carbonyl (C=O) groups is 2. The molecule has 0 bridgehead atoms. The predicted octanol–water partition coefficient (Wildman–Crippen LogP) is 6.39. The molecule has 0 fully saturated rings. The molecular weight excluding hydrogens is 385 g/mol. The molecule has 0 saturated carbocycles. The summed E-state index contributed by atoms with van der Waals surface area (Å²) >= 11 is 0. The van der Waals surface area contributed by atoms with Crippen LogP contribution >= 0.6 is 7.92 Å². The highest BCUT2D eigenvalue weighted by molar-refractivity contribution is 7.57. The number of benzene rings is 1. The molecule has 0 aliphatic heterocycles.